The van der Waals surface area contributed by atoms with Crippen molar-refractivity contribution in [1.82, 2.24) is 19.7 Å². The molecule has 0 atom stereocenters. The van der Waals surface area contributed by atoms with E-state index in [4.69, 9.17) is 11.6 Å². The van der Waals surface area contributed by atoms with Gasteiger partial charge < -0.3 is 5.32 Å². The zero-order chi connectivity index (χ0) is 11.5. The molecule has 0 saturated heterocycles. The van der Waals surface area contributed by atoms with Crippen molar-refractivity contribution in [2.75, 3.05) is 6.54 Å². The van der Waals surface area contributed by atoms with Crippen LogP contribution in [-0.2, 0) is 6.54 Å². The summed E-state index contributed by atoms with van der Waals surface area (Å²) >= 11 is 8.99. The van der Waals surface area contributed by atoms with Crippen molar-refractivity contribution in [2.45, 2.75) is 6.54 Å². The number of aromatic nitrogens is 3. The number of fused-ring (bicyclic) bond motifs is 1. The van der Waals surface area contributed by atoms with Crippen molar-refractivity contribution in [1.29, 1.82) is 0 Å². The first-order chi connectivity index (χ1) is 7.66. The topological polar surface area (TPSA) is 42.2 Å². The third kappa shape index (κ3) is 2.61. The molecule has 2 aromatic heterocycles. The highest BCUT2D eigenvalue weighted by molar-refractivity contribution is 9.10. The number of hydrogen-bond acceptors (Lipinski definition) is 3. The number of imidazole rings is 1. The Morgan fingerprint density at radius 3 is 3.06 bits per heavy atom. The van der Waals surface area contributed by atoms with Gasteiger partial charge in [-0.3, -0.25) is 4.40 Å². The number of halogens is 2. The molecule has 0 fully saturated rings. The monoisotopic (exact) mass is 300 g/mol. The maximum absolute atomic E-state index is 5.66. The fourth-order valence-electron chi connectivity index (χ4n) is 1.37. The van der Waals surface area contributed by atoms with E-state index in [1.165, 1.54) is 0 Å². The predicted molar refractivity (Wildman–Crippen MR) is 67.4 cm³/mol. The molecule has 2 rings (SSSR count). The summed E-state index contributed by atoms with van der Waals surface area (Å²) in [7, 11) is 0. The van der Waals surface area contributed by atoms with Gasteiger partial charge in [0.25, 0.3) is 0 Å². The molecule has 84 valence electrons. The van der Waals surface area contributed by atoms with Crippen LogP contribution in [0.5, 0.6) is 0 Å². The minimum atomic E-state index is 0.584. The van der Waals surface area contributed by atoms with Gasteiger partial charge in [-0.05, 0) is 15.9 Å². The van der Waals surface area contributed by atoms with Crippen molar-refractivity contribution in [3.05, 3.63) is 40.5 Å². The van der Waals surface area contributed by atoms with E-state index >= 15 is 0 Å². The molecule has 0 amide bonds. The molecular formula is C10H10BrClN4. The molecule has 0 radical (unpaired) electrons. The van der Waals surface area contributed by atoms with Gasteiger partial charge in [0.15, 0.2) is 5.65 Å². The minimum absolute atomic E-state index is 0.584. The highest BCUT2D eigenvalue weighted by Gasteiger charge is 2.03. The lowest BCUT2D eigenvalue weighted by Crippen LogP contribution is -2.15. The fraction of sp³-hybridized carbons (Fsp3) is 0.200. The van der Waals surface area contributed by atoms with Crippen molar-refractivity contribution in [2.24, 2.45) is 0 Å². The smallest absolute Gasteiger partial charge is 0.155 e. The zero-order valence-electron chi connectivity index (χ0n) is 8.45. The second kappa shape index (κ2) is 4.95. The van der Waals surface area contributed by atoms with Crippen LogP contribution in [0.25, 0.3) is 5.65 Å². The summed E-state index contributed by atoms with van der Waals surface area (Å²) in [5, 5.41) is 3.76. The van der Waals surface area contributed by atoms with E-state index in [1.54, 1.807) is 6.20 Å². The summed E-state index contributed by atoms with van der Waals surface area (Å²) in [6.07, 6.45) is 5.41. The Bertz CT molecular complexity index is 523. The van der Waals surface area contributed by atoms with E-state index in [9.17, 15) is 0 Å². The molecule has 4 nitrogen and oxygen atoms in total. The molecule has 0 aliphatic carbocycles. The van der Waals surface area contributed by atoms with Gasteiger partial charge in [-0.25, -0.2) is 9.97 Å². The highest BCUT2D eigenvalue weighted by atomic mass is 79.9. The molecule has 0 aliphatic heterocycles. The second-order valence-corrected chi connectivity index (χ2v) is 4.66. The van der Waals surface area contributed by atoms with Crippen molar-refractivity contribution in [3.63, 3.8) is 0 Å². The van der Waals surface area contributed by atoms with Crippen LogP contribution in [0.2, 0.25) is 0 Å². The summed E-state index contributed by atoms with van der Waals surface area (Å²) in [6, 6.07) is 0. The highest BCUT2D eigenvalue weighted by Crippen LogP contribution is 2.10. The molecule has 0 aliphatic rings. The Hall–Kier alpha value is -0.910. The van der Waals surface area contributed by atoms with Crippen molar-refractivity contribution in [3.8, 4) is 0 Å². The van der Waals surface area contributed by atoms with E-state index in [2.05, 4.69) is 37.8 Å². The first-order valence-electron chi connectivity index (χ1n) is 4.68. The van der Waals surface area contributed by atoms with E-state index in [-0.39, 0.29) is 0 Å². The summed E-state index contributed by atoms with van der Waals surface area (Å²) in [5.74, 6) is 0. The molecule has 0 saturated carbocycles. The molecule has 0 bridgehead atoms. The first-order valence-corrected chi connectivity index (χ1v) is 5.85. The summed E-state index contributed by atoms with van der Waals surface area (Å²) in [5.41, 5.74) is 1.88. The van der Waals surface area contributed by atoms with Gasteiger partial charge >= 0.3 is 0 Å². The third-order valence-electron chi connectivity index (χ3n) is 2.06. The molecule has 2 heterocycles. The lowest BCUT2D eigenvalue weighted by Gasteiger charge is -2.03. The molecule has 16 heavy (non-hydrogen) atoms. The van der Waals surface area contributed by atoms with Gasteiger partial charge in [-0.15, -0.1) is 0 Å². The Kier molecular flexibility index (Phi) is 3.58. The number of hydrogen-bond donors (Lipinski definition) is 1. The molecule has 0 aromatic carbocycles. The normalized spacial score (nSPS) is 10.9. The molecule has 0 spiro atoms. The lowest BCUT2D eigenvalue weighted by molar-refractivity contribution is 0.729. The van der Waals surface area contributed by atoms with Crippen LogP contribution in [0.15, 0.2) is 34.8 Å². The van der Waals surface area contributed by atoms with Gasteiger partial charge in [0.05, 0.1) is 18.1 Å². The van der Waals surface area contributed by atoms with Crippen molar-refractivity contribution < 1.29 is 0 Å². The number of rotatable bonds is 4. The van der Waals surface area contributed by atoms with Crippen molar-refractivity contribution >= 4 is 33.2 Å². The predicted octanol–water partition coefficient (Wildman–Crippen LogP) is 2.33. The molecule has 6 heteroatoms. The average molecular weight is 302 g/mol. The second-order valence-electron chi connectivity index (χ2n) is 3.31. The van der Waals surface area contributed by atoms with E-state index in [0.29, 0.717) is 18.1 Å². The van der Waals surface area contributed by atoms with E-state index in [0.717, 1.165) is 15.9 Å². The summed E-state index contributed by atoms with van der Waals surface area (Å²) in [6.45, 7) is 4.88. The lowest BCUT2D eigenvalue weighted by atomic mass is 10.4. The maximum Gasteiger partial charge on any atom is 0.155 e. The maximum atomic E-state index is 5.66. The van der Waals surface area contributed by atoms with E-state index < -0.39 is 0 Å². The number of nitrogens with one attached hydrogen (secondary N) is 1. The number of nitrogens with zero attached hydrogens (tertiary/aromatic N) is 3. The standard InChI is InChI=1S/C10H10BrClN4/c1-7(12)2-13-3-8-4-15-10-5-14-9(11)6-16(8)10/h4-6,13H,1-3H2. The fourth-order valence-corrected chi connectivity index (χ4v) is 1.77. The van der Waals surface area contributed by atoms with Crippen LogP contribution in [0.4, 0.5) is 0 Å². The van der Waals surface area contributed by atoms with Gasteiger partial charge in [-0.2, -0.15) is 0 Å². The molecular weight excluding hydrogens is 291 g/mol. The van der Waals surface area contributed by atoms with E-state index in [1.807, 2.05) is 16.8 Å². The quantitative estimate of drug-likeness (QED) is 0.942. The van der Waals surface area contributed by atoms with Crippen LogP contribution in [0, 0.1) is 0 Å². The Labute approximate surface area is 106 Å². The molecule has 2 aromatic rings. The van der Waals surface area contributed by atoms with Gasteiger partial charge in [-0.1, -0.05) is 18.2 Å². The van der Waals surface area contributed by atoms with Crippen LogP contribution in [0.1, 0.15) is 5.69 Å². The largest absolute Gasteiger partial charge is 0.306 e. The average Bonchev–Trinajstić information content (AvgIpc) is 2.60. The molecule has 1 N–H and O–H groups in total. The van der Waals surface area contributed by atoms with Gasteiger partial charge in [0.2, 0.25) is 0 Å². The van der Waals surface area contributed by atoms with Crippen LogP contribution in [-0.4, -0.2) is 20.9 Å². The Morgan fingerprint density at radius 1 is 1.50 bits per heavy atom. The Morgan fingerprint density at radius 2 is 2.31 bits per heavy atom. The summed E-state index contributed by atoms with van der Waals surface area (Å²) in [4.78, 5) is 8.35. The Balaban J connectivity index is 2.17. The van der Waals surface area contributed by atoms with Gasteiger partial charge in [0.1, 0.15) is 4.60 Å². The summed E-state index contributed by atoms with van der Waals surface area (Å²) < 4.78 is 2.75. The zero-order valence-corrected chi connectivity index (χ0v) is 10.8. The van der Waals surface area contributed by atoms with Crippen LogP contribution >= 0.6 is 27.5 Å². The van der Waals surface area contributed by atoms with Crippen LogP contribution < -0.4 is 5.32 Å². The SMILES string of the molecule is C=C(Cl)CNCc1cnc2cnc(Br)cn12. The third-order valence-corrected chi connectivity index (χ3v) is 2.61. The molecule has 0 unspecified atom stereocenters. The van der Waals surface area contributed by atoms with Gasteiger partial charge in [0, 0.05) is 24.3 Å². The first kappa shape index (κ1) is 11.6. The minimum Gasteiger partial charge on any atom is -0.306 e. The van der Waals surface area contributed by atoms with Crippen LogP contribution in [0.3, 0.4) is 0 Å².